The molecule has 0 atom stereocenters. The Morgan fingerprint density at radius 1 is 1.50 bits per heavy atom. The van der Waals surface area contributed by atoms with E-state index in [9.17, 15) is 4.79 Å². The van der Waals surface area contributed by atoms with Crippen LogP contribution in [0.15, 0.2) is 28.7 Å². The molecule has 1 aromatic rings. The molecule has 0 radical (unpaired) electrons. The van der Waals surface area contributed by atoms with Crippen molar-refractivity contribution in [3.05, 3.63) is 34.3 Å². The SMILES string of the molecule is CC(C)(CNC=O)c1cccc(Br)c1. The van der Waals surface area contributed by atoms with Gasteiger partial charge in [0.1, 0.15) is 0 Å². The van der Waals surface area contributed by atoms with Gasteiger partial charge < -0.3 is 5.32 Å². The van der Waals surface area contributed by atoms with Crippen molar-refractivity contribution in [2.75, 3.05) is 6.54 Å². The molecule has 1 N–H and O–H groups in total. The predicted octanol–water partition coefficient (Wildman–Crippen LogP) is 2.47. The largest absolute Gasteiger partial charge is 0.358 e. The number of halogens is 1. The first-order valence-electron chi connectivity index (χ1n) is 4.49. The van der Waals surface area contributed by atoms with Gasteiger partial charge in [0.15, 0.2) is 0 Å². The van der Waals surface area contributed by atoms with E-state index in [0.29, 0.717) is 6.54 Å². The van der Waals surface area contributed by atoms with Crippen molar-refractivity contribution >= 4 is 22.3 Å². The van der Waals surface area contributed by atoms with E-state index in [0.717, 1.165) is 10.9 Å². The first-order valence-corrected chi connectivity index (χ1v) is 5.28. The van der Waals surface area contributed by atoms with Crippen LogP contribution >= 0.6 is 15.9 Å². The topological polar surface area (TPSA) is 29.1 Å². The highest BCUT2D eigenvalue weighted by molar-refractivity contribution is 9.10. The van der Waals surface area contributed by atoms with Gasteiger partial charge in [-0.05, 0) is 17.7 Å². The van der Waals surface area contributed by atoms with Gasteiger partial charge in [-0.15, -0.1) is 0 Å². The lowest BCUT2D eigenvalue weighted by Gasteiger charge is -2.24. The molecule has 14 heavy (non-hydrogen) atoms. The molecule has 0 saturated carbocycles. The minimum absolute atomic E-state index is 0.0370. The summed E-state index contributed by atoms with van der Waals surface area (Å²) >= 11 is 3.43. The molecule has 3 heteroatoms. The predicted molar refractivity (Wildman–Crippen MR) is 61.2 cm³/mol. The van der Waals surface area contributed by atoms with E-state index in [1.165, 1.54) is 5.56 Å². The zero-order chi connectivity index (χ0) is 10.6. The third-order valence-corrected chi connectivity index (χ3v) is 2.73. The highest BCUT2D eigenvalue weighted by Gasteiger charge is 2.19. The molecule has 0 aromatic heterocycles. The first kappa shape index (κ1) is 11.2. The molecule has 0 spiro atoms. The van der Waals surface area contributed by atoms with Crippen molar-refractivity contribution in [2.45, 2.75) is 19.3 Å². The standard InChI is InChI=1S/C11H14BrNO/c1-11(2,7-13-8-14)9-4-3-5-10(12)6-9/h3-6,8H,7H2,1-2H3,(H,13,14). The van der Waals surface area contributed by atoms with Gasteiger partial charge in [-0.1, -0.05) is 41.9 Å². The Hall–Kier alpha value is -0.830. The average Bonchev–Trinajstić information content (AvgIpc) is 2.15. The van der Waals surface area contributed by atoms with Gasteiger partial charge in [0, 0.05) is 16.4 Å². The summed E-state index contributed by atoms with van der Waals surface area (Å²) in [6.07, 6.45) is 0.736. The molecule has 2 nitrogen and oxygen atoms in total. The average molecular weight is 256 g/mol. The molecular formula is C11H14BrNO. The molecule has 0 unspecified atom stereocenters. The Labute approximate surface area is 92.8 Å². The maximum Gasteiger partial charge on any atom is 0.207 e. The molecule has 0 bridgehead atoms. The monoisotopic (exact) mass is 255 g/mol. The van der Waals surface area contributed by atoms with Crippen molar-refractivity contribution in [1.82, 2.24) is 5.32 Å². The fourth-order valence-electron chi connectivity index (χ4n) is 1.31. The maximum atomic E-state index is 10.2. The molecule has 0 fully saturated rings. The third kappa shape index (κ3) is 2.84. The van der Waals surface area contributed by atoms with Crippen LogP contribution < -0.4 is 5.32 Å². The summed E-state index contributed by atoms with van der Waals surface area (Å²) < 4.78 is 1.06. The summed E-state index contributed by atoms with van der Waals surface area (Å²) in [7, 11) is 0. The summed E-state index contributed by atoms with van der Waals surface area (Å²) in [6, 6.07) is 8.14. The van der Waals surface area contributed by atoms with E-state index in [1.54, 1.807) is 0 Å². The summed E-state index contributed by atoms with van der Waals surface area (Å²) in [5.74, 6) is 0. The molecule has 0 aliphatic heterocycles. The fourth-order valence-corrected chi connectivity index (χ4v) is 1.71. The van der Waals surface area contributed by atoms with Crippen molar-refractivity contribution in [2.24, 2.45) is 0 Å². The van der Waals surface area contributed by atoms with Gasteiger partial charge >= 0.3 is 0 Å². The second-order valence-electron chi connectivity index (χ2n) is 3.89. The molecule has 0 heterocycles. The highest BCUT2D eigenvalue weighted by Crippen LogP contribution is 2.24. The molecule has 1 amide bonds. The maximum absolute atomic E-state index is 10.2. The van der Waals surface area contributed by atoms with Crippen LogP contribution in [0, 0.1) is 0 Å². The number of carbonyl (C=O) groups is 1. The van der Waals surface area contributed by atoms with Gasteiger partial charge in [0.25, 0.3) is 0 Å². The Bertz CT molecular complexity index is 323. The molecule has 1 rings (SSSR count). The highest BCUT2D eigenvalue weighted by atomic mass is 79.9. The van der Waals surface area contributed by atoms with Gasteiger partial charge in [0.2, 0.25) is 6.41 Å². The zero-order valence-corrected chi connectivity index (χ0v) is 9.97. The van der Waals surface area contributed by atoms with Crippen LogP contribution in [-0.2, 0) is 10.2 Å². The molecule has 1 aromatic carbocycles. The number of hydrogen-bond donors (Lipinski definition) is 1. The Morgan fingerprint density at radius 2 is 2.21 bits per heavy atom. The Kier molecular flexibility index (Phi) is 3.69. The molecular weight excluding hydrogens is 242 g/mol. The lowest BCUT2D eigenvalue weighted by atomic mass is 9.85. The van der Waals surface area contributed by atoms with Gasteiger partial charge in [-0.2, -0.15) is 0 Å². The van der Waals surface area contributed by atoms with Crippen LogP contribution in [0.3, 0.4) is 0 Å². The first-order chi connectivity index (χ1) is 6.56. The summed E-state index contributed by atoms with van der Waals surface area (Å²) in [6.45, 7) is 4.85. The lowest BCUT2D eigenvalue weighted by Crippen LogP contribution is -2.32. The van der Waals surface area contributed by atoms with Crippen LogP contribution in [0.1, 0.15) is 19.4 Å². The van der Waals surface area contributed by atoms with Gasteiger partial charge in [0.05, 0.1) is 0 Å². The van der Waals surface area contributed by atoms with Crippen LogP contribution in [-0.4, -0.2) is 13.0 Å². The minimum atomic E-state index is -0.0370. The Balaban J connectivity index is 2.85. The van der Waals surface area contributed by atoms with E-state index in [2.05, 4.69) is 47.2 Å². The second kappa shape index (κ2) is 4.60. The van der Waals surface area contributed by atoms with E-state index < -0.39 is 0 Å². The number of nitrogens with one attached hydrogen (secondary N) is 1. The van der Waals surface area contributed by atoms with E-state index in [4.69, 9.17) is 0 Å². The number of hydrogen-bond acceptors (Lipinski definition) is 1. The molecule has 76 valence electrons. The van der Waals surface area contributed by atoms with Crippen LogP contribution in [0.2, 0.25) is 0 Å². The number of benzene rings is 1. The fraction of sp³-hybridized carbons (Fsp3) is 0.364. The number of amides is 1. The molecule has 0 aliphatic rings. The van der Waals surface area contributed by atoms with E-state index in [-0.39, 0.29) is 5.41 Å². The zero-order valence-electron chi connectivity index (χ0n) is 8.38. The third-order valence-electron chi connectivity index (χ3n) is 2.23. The van der Waals surface area contributed by atoms with Crippen molar-refractivity contribution in [3.8, 4) is 0 Å². The van der Waals surface area contributed by atoms with Gasteiger partial charge in [-0.25, -0.2) is 0 Å². The summed E-state index contributed by atoms with van der Waals surface area (Å²) in [5.41, 5.74) is 1.17. The Morgan fingerprint density at radius 3 is 2.79 bits per heavy atom. The lowest BCUT2D eigenvalue weighted by molar-refractivity contribution is -0.109. The second-order valence-corrected chi connectivity index (χ2v) is 4.81. The summed E-state index contributed by atoms with van der Waals surface area (Å²) in [5, 5.41) is 2.71. The van der Waals surface area contributed by atoms with Crippen molar-refractivity contribution in [3.63, 3.8) is 0 Å². The van der Waals surface area contributed by atoms with E-state index in [1.807, 2.05) is 12.1 Å². The smallest absolute Gasteiger partial charge is 0.207 e. The quantitative estimate of drug-likeness (QED) is 0.824. The van der Waals surface area contributed by atoms with Crippen LogP contribution in [0.5, 0.6) is 0 Å². The summed E-state index contributed by atoms with van der Waals surface area (Å²) in [4.78, 5) is 10.2. The van der Waals surface area contributed by atoms with Crippen LogP contribution in [0.25, 0.3) is 0 Å². The minimum Gasteiger partial charge on any atom is -0.358 e. The normalized spacial score (nSPS) is 11.1. The van der Waals surface area contributed by atoms with Crippen LogP contribution in [0.4, 0.5) is 0 Å². The number of carbonyl (C=O) groups excluding carboxylic acids is 1. The van der Waals surface area contributed by atoms with Crippen molar-refractivity contribution < 1.29 is 4.79 Å². The van der Waals surface area contributed by atoms with Crippen molar-refractivity contribution in [1.29, 1.82) is 0 Å². The molecule has 0 saturated heterocycles. The van der Waals surface area contributed by atoms with E-state index >= 15 is 0 Å². The number of rotatable bonds is 4. The molecule has 0 aliphatic carbocycles. The van der Waals surface area contributed by atoms with Gasteiger partial charge in [-0.3, -0.25) is 4.79 Å².